The van der Waals surface area contributed by atoms with Gasteiger partial charge >= 0.3 is 0 Å². The Morgan fingerprint density at radius 2 is 2.00 bits per heavy atom. The molecule has 0 aromatic heterocycles. The number of rotatable bonds is 2. The van der Waals surface area contributed by atoms with Gasteiger partial charge in [0.05, 0.1) is 0 Å². The maximum atomic E-state index is 11.1. The Labute approximate surface area is 86.6 Å². The average molecular weight is 219 g/mol. The fraction of sp³-hybridized carbons (Fsp3) is 0.750. The smallest absolute Gasteiger partial charge is 0.226 e. The Bertz CT molecular complexity index is 200. The average Bonchev–Trinajstić information content (AvgIpc) is 2.50. The number of thioether (sulfide) groups is 2. The van der Waals surface area contributed by atoms with Crippen LogP contribution in [0.5, 0.6) is 0 Å². The van der Waals surface area contributed by atoms with Crippen LogP contribution in [0.4, 0.5) is 0 Å². The van der Waals surface area contributed by atoms with Gasteiger partial charge in [0, 0.05) is 36.5 Å². The van der Waals surface area contributed by atoms with Gasteiger partial charge in [0.2, 0.25) is 11.8 Å². The highest BCUT2D eigenvalue weighted by Crippen LogP contribution is 2.29. The molecular formula is C8H13NO2S2. The summed E-state index contributed by atoms with van der Waals surface area (Å²) in [7, 11) is 0. The first-order valence-electron chi connectivity index (χ1n) is 4.09. The van der Waals surface area contributed by atoms with Crippen LogP contribution in [0, 0.1) is 0 Å². The van der Waals surface area contributed by atoms with Crippen LogP contribution in [0.3, 0.4) is 0 Å². The molecule has 0 aliphatic carbocycles. The summed E-state index contributed by atoms with van der Waals surface area (Å²) in [5, 5.41) is 1.51. The summed E-state index contributed by atoms with van der Waals surface area (Å²) in [5.41, 5.74) is 0. The Balaban J connectivity index is 2.46. The molecule has 1 atom stereocenters. The summed E-state index contributed by atoms with van der Waals surface area (Å²) in [6.45, 7) is 3.45. The van der Waals surface area contributed by atoms with Crippen molar-refractivity contribution in [2.24, 2.45) is 0 Å². The molecule has 1 rings (SSSR count). The second-order valence-electron chi connectivity index (χ2n) is 2.93. The Kier molecular flexibility index (Phi) is 4.12. The van der Waals surface area contributed by atoms with Gasteiger partial charge in [-0.15, -0.1) is 23.5 Å². The molecule has 1 aliphatic rings. The highest BCUT2D eigenvalue weighted by Gasteiger charge is 2.22. The molecule has 0 N–H and O–H groups in total. The normalized spacial score (nSPS) is 21.5. The van der Waals surface area contributed by atoms with E-state index in [9.17, 15) is 9.59 Å². The summed E-state index contributed by atoms with van der Waals surface area (Å²) < 4.78 is 0. The third kappa shape index (κ3) is 3.23. The minimum Gasteiger partial charge on any atom is -0.282 e. The van der Waals surface area contributed by atoms with Gasteiger partial charge in [-0.1, -0.05) is 0 Å². The van der Waals surface area contributed by atoms with Gasteiger partial charge in [-0.25, -0.2) is 0 Å². The number of carbonyl (C=O) groups excluding carboxylic acids is 2. The van der Waals surface area contributed by atoms with Crippen LogP contribution in [-0.2, 0) is 9.59 Å². The van der Waals surface area contributed by atoms with E-state index < -0.39 is 0 Å². The van der Waals surface area contributed by atoms with Gasteiger partial charge < -0.3 is 0 Å². The van der Waals surface area contributed by atoms with E-state index >= 15 is 0 Å². The molecule has 1 aliphatic heterocycles. The van der Waals surface area contributed by atoms with Crippen LogP contribution in [0.25, 0.3) is 0 Å². The molecule has 5 heteroatoms. The molecule has 1 saturated heterocycles. The van der Waals surface area contributed by atoms with Crippen LogP contribution in [0.15, 0.2) is 0 Å². The second-order valence-corrected chi connectivity index (χ2v) is 5.61. The molecule has 1 fully saturated rings. The van der Waals surface area contributed by atoms with Crippen molar-refractivity contribution < 1.29 is 9.59 Å². The van der Waals surface area contributed by atoms with Crippen LogP contribution in [-0.4, -0.2) is 39.3 Å². The van der Waals surface area contributed by atoms with Crippen LogP contribution >= 0.6 is 23.5 Å². The summed E-state index contributed by atoms with van der Waals surface area (Å²) in [4.78, 5) is 23.4. The van der Waals surface area contributed by atoms with E-state index in [1.807, 2.05) is 23.5 Å². The van der Waals surface area contributed by atoms with Gasteiger partial charge in [-0.2, -0.15) is 0 Å². The fourth-order valence-electron chi connectivity index (χ4n) is 1.16. The van der Waals surface area contributed by atoms with Crippen LogP contribution in [0.2, 0.25) is 0 Å². The third-order valence-electron chi connectivity index (χ3n) is 1.84. The van der Waals surface area contributed by atoms with Crippen molar-refractivity contribution in [2.75, 3.05) is 17.4 Å². The molecule has 0 spiro atoms. The predicted molar refractivity (Wildman–Crippen MR) is 56.8 cm³/mol. The lowest BCUT2D eigenvalue weighted by atomic mass is 10.4. The number of carbonyl (C=O) groups is 2. The molecule has 0 aromatic rings. The first-order chi connectivity index (χ1) is 6.11. The number of hydrogen-bond donors (Lipinski definition) is 0. The number of imide groups is 1. The van der Waals surface area contributed by atoms with E-state index in [4.69, 9.17) is 0 Å². The van der Waals surface area contributed by atoms with E-state index in [0.717, 1.165) is 10.8 Å². The minimum absolute atomic E-state index is 0.148. The van der Waals surface area contributed by atoms with Crippen molar-refractivity contribution in [3.63, 3.8) is 0 Å². The molecule has 0 radical (unpaired) electrons. The van der Waals surface area contributed by atoms with Crippen molar-refractivity contribution >= 4 is 35.3 Å². The zero-order valence-electron chi connectivity index (χ0n) is 7.78. The lowest BCUT2D eigenvalue weighted by Crippen LogP contribution is -2.38. The van der Waals surface area contributed by atoms with E-state index in [1.165, 1.54) is 18.7 Å². The number of amides is 2. The SMILES string of the molecule is CC(=O)N(CC1CSCS1)C(C)=O. The fourth-order valence-corrected chi connectivity index (χ4v) is 4.00. The zero-order valence-corrected chi connectivity index (χ0v) is 9.41. The van der Waals surface area contributed by atoms with Crippen molar-refractivity contribution in [1.82, 2.24) is 4.90 Å². The van der Waals surface area contributed by atoms with Crippen LogP contribution < -0.4 is 0 Å². The predicted octanol–water partition coefficient (Wildman–Crippen LogP) is 1.19. The largest absolute Gasteiger partial charge is 0.282 e. The van der Waals surface area contributed by atoms with Gasteiger partial charge in [-0.05, 0) is 0 Å². The summed E-state index contributed by atoms with van der Waals surface area (Å²) in [6, 6.07) is 0. The molecule has 74 valence electrons. The second kappa shape index (κ2) is 4.91. The quantitative estimate of drug-likeness (QED) is 0.699. The van der Waals surface area contributed by atoms with Crippen LogP contribution in [0.1, 0.15) is 13.8 Å². The Morgan fingerprint density at radius 1 is 1.38 bits per heavy atom. The Morgan fingerprint density at radius 3 is 2.38 bits per heavy atom. The molecule has 0 saturated carbocycles. The van der Waals surface area contributed by atoms with E-state index in [2.05, 4.69) is 0 Å². The molecule has 1 unspecified atom stereocenters. The monoisotopic (exact) mass is 219 g/mol. The molecule has 0 bridgehead atoms. The van der Waals surface area contributed by atoms with E-state index in [1.54, 1.807) is 0 Å². The van der Waals surface area contributed by atoms with E-state index in [0.29, 0.717) is 11.8 Å². The highest BCUT2D eigenvalue weighted by atomic mass is 32.2. The third-order valence-corrected chi connectivity index (χ3v) is 4.68. The van der Waals surface area contributed by atoms with Gasteiger partial charge in [0.1, 0.15) is 0 Å². The molecule has 3 nitrogen and oxygen atoms in total. The molecule has 1 heterocycles. The van der Waals surface area contributed by atoms with Gasteiger partial charge in [0.25, 0.3) is 0 Å². The highest BCUT2D eigenvalue weighted by molar-refractivity contribution is 8.19. The maximum Gasteiger partial charge on any atom is 0.226 e. The van der Waals surface area contributed by atoms with Crippen molar-refractivity contribution in [2.45, 2.75) is 19.1 Å². The van der Waals surface area contributed by atoms with Crippen molar-refractivity contribution in [1.29, 1.82) is 0 Å². The summed E-state index contributed by atoms with van der Waals surface area (Å²) in [6.07, 6.45) is 0. The van der Waals surface area contributed by atoms with Gasteiger partial charge in [0.15, 0.2) is 0 Å². The van der Waals surface area contributed by atoms with E-state index in [-0.39, 0.29) is 11.8 Å². The molecule has 2 amide bonds. The zero-order chi connectivity index (χ0) is 9.84. The van der Waals surface area contributed by atoms with Gasteiger partial charge in [-0.3, -0.25) is 14.5 Å². The number of hydrogen-bond acceptors (Lipinski definition) is 4. The van der Waals surface area contributed by atoms with Crippen molar-refractivity contribution in [3.05, 3.63) is 0 Å². The standard InChI is InChI=1S/C8H13NO2S2/c1-6(10)9(7(2)11)3-8-4-12-5-13-8/h8H,3-5H2,1-2H3. The lowest BCUT2D eigenvalue weighted by Gasteiger charge is -2.19. The molecular weight excluding hydrogens is 206 g/mol. The first-order valence-corrected chi connectivity index (χ1v) is 6.29. The number of nitrogens with zero attached hydrogens (tertiary/aromatic N) is 1. The molecule has 0 aromatic carbocycles. The summed E-state index contributed by atoms with van der Waals surface area (Å²) in [5.74, 6) is 0.747. The summed E-state index contributed by atoms with van der Waals surface area (Å²) >= 11 is 3.68. The Hall–Kier alpha value is -0.160. The maximum absolute atomic E-state index is 11.1. The van der Waals surface area contributed by atoms with Crippen molar-refractivity contribution in [3.8, 4) is 0 Å². The topological polar surface area (TPSA) is 37.4 Å². The molecule has 13 heavy (non-hydrogen) atoms. The first kappa shape index (κ1) is 10.9. The lowest BCUT2D eigenvalue weighted by molar-refractivity contribution is -0.141. The minimum atomic E-state index is -0.148.